The van der Waals surface area contributed by atoms with E-state index in [0.717, 1.165) is 58.3 Å². The molecule has 0 amide bonds. The Labute approximate surface area is 252 Å². The first-order valence-electron chi connectivity index (χ1n) is 16.5. The van der Waals surface area contributed by atoms with Gasteiger partial charge in [-0.2, -0.15) is 0 Å². The minimum atomic E-state index is -2.39. The zero-order valence-corrected chi connectivity index (χ0v) is 27.3. The van der Waals surface area contributed by atoms with Gasteiger partial charge >= 0.3 is 0 Å². The highest BCUT2D eigenvalue weighted by molar-refractivity contribution is 6.99. The zero-order valence-electron chi connectivity index (χ0n) is 26.3. The lowest BCUT2D eigenvalue weighted by atomic mass is 10.1. The first kappa shape index (κ1) is 33.6. The molecule has 0 saturated carbocycles. The molecule has 2 aromatic carbocycles. The maximum atomic E-state index is 7.03. The molecule has 4 heteroatoms. The van der Waals surface area contributed by atoms with Crippen LogP contribution in [-0.4, -0.2) is 34.4 Å². The van der Waals surface area contributed by atoms with Crippen molar-refractivity contribution < 1.29 is 13.9 Å². The number of unbranched alkanes of at least 4 members (excludes halogenated alkanes) is 10. The van der Waals surface area contributed by atoms with Gasteiger partial charge in [0.25, 0.3) is 8.32 Å². The van der Waals surface area contributed by atoms with E-state index in [1.54, 1.807) is 0 Å². The van der Waals surface area contributed by atoms with Crippen molar-refractivity contribution in [2.24, 2.45) is 0 Å². The molecule has 0 spiro atoms. The Kier molecular flexibility index (Phi) is 15.8. The summed E-state index contributed by atoms with van der Waals surface area (Å²) in [5.41, 5.74) is 0. The van der Waals surface area contributed by atoms with Crippen molar-refractivity contribution >= 4 is 18.7 Å². The van der Waals surface area contributed by atoms with Crippen LogP contribution in [0.15, 0.2) is 60.7 Å². The highest BCUT2D eigenvalue weighted by Gasteiger charge is 2.49. The summed E-state index contributed by atoms with van der Waals surface area (Å²) < 4.78 is 18.4. The molecule has 0 N–H and O–H groups in total. The van der Waals surface area contributed by atoms with Gasteiger partial charge in [-0.1, -0.05) is 120 Å². The Morgan fingerprint density at radius 2 is 1.20 bits per heavy atom. The van der Waals surface area contributed by atoms with Gasteiger partial charge < -0.3 is 13.9 Å². The Morgan fingerprint density at radius 3 is 1.73 bits per heavy atom. The molecular weight excluding hydrogens is 520 g/mol. The lowest BCUT2D eigenvalue weighted by Crippen LogP contribution is -2.66. The SMILES string of the molecule is CC(C)(C)[Si](OCCCCCCCCCCC#CCCCCOC1CCCCO1)(c1ccccc1)c1ccccc1. The van der Waals surface area contributed by atoms with Gasteiger partial charge in [0.2, 0.25) is 0 Å². The summed E-state index contributed by atoms with van der Waals surface area (Å²) >= 11 is 0. The average molecular weight is 577 g/mol. The molecule has 226 valence electrons. The monoisotopic (exact) mass is 576 g/mol. The number of ether oxygens (including phenoxy) is 2. The summed E-state index contributed by atoms with van der Waals surface area (Å²) in [4.78, 5) is 0. The van der Waals surface area contributed by atoms with Crippen molar-refractivity contribution in [3.05, 3.63) is 60.7 Å². The molecule has 1 atom stereocenters. The lowest BCUT2D eigenvalue weighted by Gasteiger charge is -2.43. The van der Waals surface area contributed by atoms with Crippen LogP contribution in [0.5, 0.6) is 0 Å². The predicted octanol–water partition coefficient (Wildman–Crippen LogP) is 8.79. The Balaban J connectivity index is 1.22. The second kappa shape index (κ2) is 19.3. The van der Waals surface area contributed by atoms with Crippen LogP contribution in [0.4, 0.5) is 0 Å². The minimum Gasteiger partial charge on any atom is -0.407 e. The van der Waals surface area contributed by atoms with E-state index in [2.05, 4.69) is 93.3 Å². The molecule has 3 nitrogen and oxygen atoms in total. The molecule has 1 aliphatic rings. The largest absolute Gasteiger partial charge is 0.407 e. The average Bonchev–Trinajstić information content (AvgIpc) is 2.99. The fourth-order valence-electron chi connectivity index (χ4n) is 5.91. The molecule has 1 fully saturated rings. The first-order chi connectivity index (χ1) is 20.0. The van der Waals surface area contributed by atoms with Gasteiger partial charge in [0.1, 0.15) is 0 Å². The maximum Gasteiger partial charge on any atom is 0.261 e. The van der Waals surface area contributed by atoms with Crippen LogP contribution in [0.2, 0.25) is 5.04 Å². The number of rotatable bonds is 18. The van der Waals surface area contributed by atoms with Gasteiger partial charge in [-0.25, -0.2) is 0 Å². The third kappa shape index (κ3) is 11.7. The molecule has 0 bridgehead atoms. The highest BCUT2D eigenvalue weighted by Crippen LogP contribution is 2.36. The second-order valence-corrected chi connectivity index (χ2v) is 16.9. The van der Waals surface area contributed by atoms with Crippen LogP contribution < -0.4 is 10.4 Å². The third-order valence-electron chi connectivity index (χ3n) is 8.19. The molecule has 0 aromatic heterocycles. The van der Waals surface area contributed by atoms with E-state index >= 15 is 0 Å². The molecule has 3 rings (SSSR count). The molecule has 1 aliphatic heterocycles. The Hall–Kier alpha value is -1.90. The topological polar surface area (TPSA) is 27.7 Å². The molecule has 0 aliphatic carbocycles. The molecule has 2 aromatic rings. The number of hydrogen-bond donors (Lipinski definition) is 0. The minimum absolute atomic E-state index is 0.0453. The first-order valence-corrected chi connectivity index (χ1v) is 18.4. The lowest BCUT2D eigenvalue weighted by molar-refractivity contribution is -0.162. The molecule has 41 heavy (non-hydrogen) atoms. The van der Waals surface area contributed by atoms with Crippen molar-refractivity contribution in [3.8, 4) is 11.8 Å². The second-order valence-electron chi connectivity index (χ2n) is 12.6. The standard InChI is InChI=1S/C37H56O3Si/c1-37(2,3)41(34-26-18-16-19-27-34,35-28-20-17-21-29-35)40-33-24-15-13-11-9-7-5-4-6-8-10-12-14-23-31-38-36-30-22-25-32-39-36/h16-21,26-29,36H,4-7,9,11-15,22-25,30-33H2,1-3H3. The number of hydrogen-bond acceptors (Lipinski definition) is 3. The van der Waals surface area contributed by atoms with Crippen LogP contribution in [0, 0.1) is 11.8 Å². The normalized spacial score (nSPS) is 15.8. The van der Waals surface area contributed by atoms with E-state index in [9.17, 15) is 0 Å². The smallest absolute Gasteiger partial charge is 0.261 e. The fourth-order valence-corrected chi connectivity index (χ4v) is 10.5. The van der Waals surface area contributed by atoms with Crippen molar-refractivity contribution in [1.82, 2.24) is 0 Å². The van der Waals surface area contributed by atoms with E-state index in [-0.39, 0.29) is 11.3 Å². The van der Waals surface area contributed by atoms with Crippen LogP contribution in [-0.2, 0) is 13.9 Å². The quantitative estimate of drug-likeness (QED) is 0.101. The van der Waals surface area contributed by atoms with Gasteiger partial charge in [-0.3, -0.25) is 0 Å². The Morgan fingerprint density at radius 1 is 0.683 bits per heavy atom. The molecule has 1 saturated heterocycles. The molecule has 1 heterocycles. The molecule has 1 unspecified atom stereocenters. The van der Waals surface area contributed by atoms with E-state index in [4.69, 9.17) is 13.9 Å². The zero-order chi connectivity index (χ0) is 29.1. The van der Waals surface area contributed by atoms with Crippen LogP contribution in [0.3, 0.4) is 0 Å². The highest BCUT2D eigenvalue weighted by atomic mass is 28.4. The predicted molar refractivity (Wildman–Crippen MR) is 176 cm³/mol. The van der Waals surface area contributed by atoms with Crippen LogP contribution in [0.25, 0.3) is 0 Å². The summed E-state index contributed by atoms with van der Waals surface area (Å²) in [5, 5.41) is 2.80. The van der Waals surface area contributed by atoms with Crippen molar-refractivity contribution in [2.45, 2.75) is 128 Å². The maximum absolute atomic E-state index is 7.03. The van der Waals surface area contributed by atoms with Crippen molar-refractivity contribution in [3.63, 3.8) is 0 Å². The van der Waals surface area contributed by atoms with E-state index in [1.807, 2.05) is 0 Å². The molecule has 0 radical (unpaired) electrons. The van der Waals surface area contributed by atoms with Gasteiger partial charge in [0, 0.05) is 32.7 Å². The summed E-state index contributed by atoms with van der Waals surface area (Å²) in [5.74, 6) is 6.72. The van der Waals surface area contributed by atoms with Gasteiger partial charge in [-0.15, -0.1) is 11.8 Å². The van der Waals surface area contributed by atoms with Gasteiger partial charge in [-0.05, 0) is 60.4 Å². The molecular formula is C37H56O3Si. The van der Waals surface area contributed by atoms with E-state index < -0.39 is 8.32 Å². The fraction of sp³-hybridized carbons (Fsp3) is 0.622. The summed E-state index contributed by atoms with van der Waals surface area (Å²) in [7, 11) is -2.39. The van der Waals surface area contributed by atoms with Crippen LogP contribution in [0.1, 0.15) is 117 Å². The Bertz CT molecular complexity index is 944. The van der Waals surface area contributed by atoms with Gasteiger partial charge in [0.05, 0.1) is 0 Å². The van der Waals surface area contributed by atoms with E-state index in [0.29, 0.717) is 0 Å². The van der Waals surface area contributed by atoms with E-state index in [1.165, 1.54) is 68.2 Å². The van der Waals surface area contributed by atoms with Crippen LogP contribution >= 0.6 is 0 Å². The summed E-state index contributed by atoms with van der Waals surface area (Å²) in [6, 6.07) is 22.0. The summed E-state index contributed by atoms with van der Waals surface area (Å²) in [6.45, 7) is 9.58. The van der Waals surface area contributed by atoms with Crippen molar-refractivity contribution in [2.75, 3.05) is 19.8 Å². The van der Waals surface area contributed by atoms with Crippen molar-refractivity contribution in [1.29, 1.82) is 0 Å². The number of benzene rings is 2. The third-order valence-corrected chi connectivity index (χ3v) is 13.2. The van der Waals surface area contributed by atoms with Gasteiger partial charge in [0.15, 0.2) is 6.29 Å². The summed E-state index contributed by atoms with van der Waals surface area (Å²) in [6.07, 6.45) is 18.0.